The van der Waals surface area contributed by atoms with E-state index in [0.29, 0.717) is 24.3 Å². The molecule has 1 unspecified atom stereocenters. The number of aliphatic carboxylic acids is 1. The van der Waals surface area contributed by atoms with Crippen molar-refractivity contribution in [1.29, 1.82) is 0 Å². The second-order valence-corrected chi connectivity index (χ2v) is 29.8. The smallest absolute Gasteiger partial charge is 0.330 e. The largest absolute Gasteiger partial charge is 0.512 e. The predicted octanol–water partition coefficient (Wildman–Crippen LogP) is 0.982. The first-order valence-corrected chi connectivity index (χ1v) is 37.1. The zero-order chi connectivity index (χ0) is 82.6. The number of aliphatic hydroxyl groups is 9. The Morgan fingerprint density at radius 3 is 1.98 bits per heavy atom. The number of amides is 7. The normalized spacial score (nSPS) is 29.4. The van der Waals surface area contributed by atoms with Gasteiger partial charge in [-0.2, -0.15) is 0 Å². The topological polar surface area (TPSA) is 557 Å². The number of aromatic hydroxyl groups is 2. The van der Waals surface area contributed by atoms with E-state index in [9.17, 15) is 80.5 Å². The van der Waals surface area contributed by atoms with Crippen molar-refractivity contribution in [3.63, 3.8) is 0 Å². The van der Waals surface area contributed by atoms with Gasteiger partial charge in [0.15, 0.2) is 12.3 Å². The van der Waals surface area contributed by atoms with Crippen LogP contribution < -0.4 is 62.5 Å². The molecule has 37 heteroatoms. The third-order valence-corrected chi connectivity index (χ3v) is 21.3. The van der Waals surface area contributed by atoms with E-state index in [1.54, 1.807) is 44.2 Å². The van der Waals surface area contributed by atoms with Crippen molar-refractivity contribution >= 4 is 70.5 Å². The number of fused-ring (bicyclic) bond motifs is 15. The predicted molar refractivity (Wildman–Crippen MR) is 400 cm³/mol. The fourth-order valence-electron chi connectivity index (χ4n) is 14.6. The lowest BCUT2D eigenvalue weighted by Gasteiger charge is -2.51. The number of phenolic OH excluding ortho intramolecular Hbond substituents is 2. The first kappa shape index (κ1) is 84.8. The molecule has 11 bridgehead atoms. The van der Waals surface area contributed by atoms with E-state index >= 15 is 19.2 Å². The number of aliphatic hydroxyl groups excluding tert-OH is 9. The Morgan fingerprint density at radius 1 is 0.719 bits per heavy atom. The number of carboxylic acids is 1. The van der Waals surface area contributed by atoms with Crippen LogP contribution in [0.15, 0.2) is 121 Å². The third kappa shape index (κ3) is 18.0. The number of benzene rings is 5. The number of nitrogens with two attached hydrogens (primary N) is 1. The number of phenols is 2. The van der Waals surface area contributed by atoms with Gasteiger partial charge >= 0.3 is 5.97 Å². The molecule has 0 spiro atoms. The molecule has 7 amide bonds. The number of carbonyl (C=O) groups is 8. The van der Waals surface area contributed by atoms with E-state index in [-0.39, 0.29) is 46.4 Å². The number of ether oxygens (including phenoxy) is 6. The number of likely N-dealkylation sites (N-methyl/N-ethyl adjacent to an activating group) is 1. The maximum atomic E-state index is 16.3. The average molecular weight is 1630 g/mol. The summed E-state index contributed by atoms with van der Waals surface area (Å²) in [5.41, 5.74) is 1.87. The van der Waals surface area contributed by atoms with Crippen molar-refractivity contribution in [2.45, 2.75) is 174 Å². The number of hydrogen-bond acceptors (Lipinski definition) is 27. The van der Waals surface area contributed by atoms with Crippen LogP contribution in [0.5, 0.6) is 40.2 Å². The number of carboxylic acid groups (broad SMARTS) is 1. The summed E-state index contributed by atoms with van der Waals surface area (Å²) in [4.78, 5) is 118. The summed E-state index contributed by atoms with van der Waals surface area (Å²) in [5, 5.41) is 161. The highest BCUT2D eigenvalue weighted by Gasteiger charge is 2.57. The van der Waals surface area contributed by atoms with Crippen LogP contribution in [0.1, 0.15) is 122 Å². The molecule has 20 atom stereocenters. The van der Waals surface area contributed by atoms with Gasteiger partial charge in [0.05, 0.1) is 53.4 Å². The minimum Gasteiger partial charge on any atom is -0.512 e. The van der Waals surface area contributed by atoms with Gasteiger partial charge in [0.2, 0.25) is 41.4 Å². The summed E-state index contributed by atoms with van der Waals surface area (Å²) in [6, 6.07) is 2.96. The second kappa shape index (κ2) is 35.8. The molecule has 7 aliphatic heterocycles. The number of hydrogen-bond donors (Lipinski definition) is 21. The van der Waals surface area contributed by atoms with Crippen LogP contribution in [0, 0.1) is 5.92 Å². The summed E-state index contributed by atoms with van der Waals surface area (Å²) in [6.07, 6.45) is -19.5. The summed E-state index contributed by atoms with van der Waals surface area (Å²) >= 11 is 14.4. The number of nitrogens with one attached hydrogen (secondary N) is 8. The number of allylic oxidation sites excluding steroid dienone is 3. The van der Waals surface area contributed by atoms with Crippen molar-refractivity contribution < 1.29 is 128 Å². The molecule has 8 aliphatic rings. The molecule has 0 radical (unpaired) electrons. The highest BCUT2D eigenvalue weighted by molar-refractivity contribution is 6.32. The van der Waals surface area contributed by atoms with Crippen molar-refractivity contribution in [3.8, 4) is 40.2 Å². The number of halogens is 2. The Labute approximate surface area is 661 Å². The number of carbonyl (C=O) groups excluding carboxylic acids is 7. The maximum absolute atomic E-state index is 16.3. The first-order valence-electron chi connectivity index (χ1n) is 36.3. The molecule has 612 valence electrons. The van der Waals surface area contributed by atoms with Gasteiger partial charge in [0.1, 0.15) is 137 Å². The van der Waals surface area contributed by atoms with E-state index in [1.807, 2.05) is 0 Å². The highest BCUT2D eigenvalue weighted by Crippen LogP contribution is 2.51. The summed E-state index contributed by atoms with van der Waals surface area (Å²) in [6.45, 7) is 6.84. The van der Waals surface area contributed by atoms with Crippen LogP contribution in [0.25, 0.3) is 0 Å². The fourth-order valence-corrected chi connectivity index (χ4v) is 15.1. The minimum absolute atomic E-state index is 0.0367. The van der Waals surface area contributed by atoms with E-state index in [4.69, 9.17) is 57.4 Å². The van der Waals surface area contributed by atoms with Crippen molar-refractivity contribution in [2.75, 3.05) is 26.9 Å². The Morgan fingerprint density at radius 2 is 1.37 bits per heavy atom. The lowest BCUT2D eigenvalue weighted by molar-refractivity contribution is -0.341. The number of primary amides is 1. The van der Waals surface area contributed by atoms with Crippen LogP contribution in [0.2, 0.25) is 10.0 Å². The molecule has 7 heterocycles. The van der Waals surface area contributed by atoms with Gasteiger partial charge in [0.25, 0.3) is 0 Å². The zero-order valence-corrected chi connectivity index (χ0v) is 63.2. The van der Waals surface area contributed by atoms with Crippen LogP contribution in [0.3, 0.4) is 0 Å². The van der Waals surface area contributed by atoms with Crippen LogP contribution >= 0.6 is 23.2 Å². The fraction of sp³-hybridized carbons (Fsp3) is 0.429. The first-order chi connectivity index (χ1) is 54.2. The van der Waals surface area contributed by atoms with E-state index < -0.39 is 256 Å². The van der Waals surface area contributed by atoms with Gasteiger partial charge in [0, 0.05) is 31.1 Å². The van der Waals surface area contributed by atoms with E-state index in [1.165, 1.54) is 26.1 Å². The lowest BCUT2D eigenvalue weighted by atomic mass is 9.79. The molecular formula is C77H89Cl2N9O26. The van der Waals surface area contributed by atoms with Crippen molar-refractivity contribution in [3.05, 3.63) is 170 Å². The van der Waals surface area contributed by atoms with Crippen LogP contribution in [-0.4, -0.2) is 220 Å². The number of rotatable bonds is 20. The maximum Gasteiger partial charge on any atom is 0.330 e. The molecule has 2 saturated heterocycles. The van der Waals surface area contributed by atoms with Gasteiger partial charge < -0.3 is 133 Å². The quantitative estimate of drug-likeness (QED) is 0.0381. The minimum atomic E-state index is -2.39. The molecule has 13 rings (SSSR count). The molecular weight excluding hydrogens is 1540 g/mol. The Bertz CT molecular complexity index is 4590. The van der Waals surface area contributed by atoms with Gasteiger partial charge in [-0.25, -0.2) is 4.79 Å². The van der Waals surface area contributed by atoms with Gasteiger partial charge in [-0.1, -0.05) is 73.5 Å². The van der Waals surface area contributed by atoms with Gasteiger partial charge in [-0.05, 0) is 126 Å². The summed E-state index contributed by atoms with van der Waals surface area (Å²) < 4.78 is 38.8. The highest BCUT2D eigenvalue weighted by atomic mass is 35.5. The molecule has 5 aromatic carbocycles. The van der Waals surface area contributed by atoms with Crippen LogP contribution in [-0.2, 0) is 59.1 Å². The van der Waals surface area contributed by atoms with Gasteiger partial charge in [-0.3, -0.25) is 38.9 Å². The molecule has 22 N–H and O–H groups in total. The molecule has 35 nitrogen and oxygen atoms in total. The standard InChI is InChI=1S/C77H89Cl2N9O26/c1-6-7-17-109-38-10-8-9-32(19-38)28-82-77(4)67(99)52(30-90)113-76(68(77)100)114-66-64(98)63(97)51(29-89)112-65(66)55-49-23-36-24-50(55)111-48-16-13-35(22-42(48)79)62(96)60-74(106)87-58(75(107)108)40-25-37(91)26-46(93)54(40)39-20-33(11-14-45(39)92)56(71(103)88-60)86-72(104)57(36)85-70(102)44(27-53(80)94)84-73(105)59(83-43(18-31(2)3)69(101)81-5)61(95)34-12-15-47(110-49)41(78)21-34/h6,8-16,19,21-26,31,39,43-44,51-52,56-68,76,82-83,89-93,95-100H,1,7,17-18,20,27-30H2,2-5H3,(H2,80,94)(H,81,101)(H,84,105)(H,85,102)(H,86,104)(H,87,106)(H,88,103)(H,107,108)/t39?,43-,44+,51-,52+,56-,57-,58-,59-,60+,61-,62-,63-,64+,65+,66-,67-,68-,76-,77+/m1/s1. The van der Waals surface area contributed by atoms with Gasteiger partial charge in [-0.15, -0.1) is 6.58 Å². The molecule has 1 aliphatic carbocycles. The Balaban J connectivity index is 1.15. The molecule has 0 aromatic heterocycles. The van der Waals surface area contributed by atoms with Crippen molar-refractivity contribution in [1.82, 2.24) is 42.5 Å². The van der Waals surface area contributed by atoms with Crippen LogP contribution in [0.4, 0.5) is 0 Å². The summed E-state index contributed by atoms with van der Waals surface area (Å²) in [7, 11) is 1.32. The Kier molecular flexibility index (Phi) is 26.6. The molecule has 114 heavy (non-hydrogen) atoms. The summed E-state index contributed by atoms with van der Waals surface area (Å²) in [5.74, 6) is -16.3. The molecule has 2 fully saturated rings. The average Bonchev–Trinajstić information content (AvgIpc) is 0.754. The van der Waals surface area contributed by atoms with E-state index in [2.05, 4.69) is 49.1 Å². The zero-order valence-electron chi connectivity index (χ0n) is 61.6. The van der Waals surface area contributed by atoms with E-state index in [0.717, 1.165) is 60.7 Å². The SMILES string of the molecule is C=CCCOc1cccc(CN[C@]2(C)[C@H](O)[C@@H](O[C@@H]3[C@@H](O)[C@H](O)[C@@H](CO)O[C@H]3c3c4cc5cc3Oc3ccc(cc3Cl)[C@@H](O)[C@@H](N[C@H](CC(C)C)C(=O)NC)C(=O)N[C@@H](CC(N)=O)C(=O)N[C@H]5C(=O)N[C@H]3C(=O)N[C@H](C(=O)N[C@@H](C(=O)O)c5cc(O)cc(O)c5C5CC3=CC=C5O)[C@H](O)c3ccc(c(Cl)c3)O4)O[C@@H](CO)[C@H]2O)c1. The van der Waals surface area contributed by atoms with Crippen molar-refractivity contribution in [2.24, 2.45) is 11.7 Å². The Hall–Kier alpha value is -10.1. The second-order valence-electron chi connectivity index (χ2n) is 29.0. The lowest BCUT2D eigenvalue weighted by Crippen LogP contribution is -2.72. The molecule has 0 saturated carbocycles. The third-order valence-electron chi connectivity index (χ3n) is 20.7. The molecule has 5 aromatic rings. The monoisotopic (exact) mass is 1630 g/mol.